The number of piperidine rings is 2. The lowest BCUT2D eigenvalue weighted by Crippen LogP contribution is -2.68. The van der Waals surface area contributed by atoms with Gasteiger partial charge in [-0.3, -0.25) is 4.90 Å². The maximum atomic E-state index is 14.0. The van der Waals surface area contributed by atoms with Crippen LogP contribution in [-0.2, 0) is 4.74 Å². The van der Waals surface area contributed by atoms with Crippen LogP contribution in [0.15, 0.2) is 97.1 Å². The summed E-state index contributed by atoms with van der Waals surface area (Å²) in [4.78, 5) is 2.28. The fourth-order valence-electron chi connectivity index (χ4n) is 7.07. The largest absolute Gasteiger partial charge is 0.362 e. The molecule has 4 aliphatic heterocycles. The Morgan fingerprint density at radius 3 is 1.21 bits per heavy atom. The summed E-state index contributed by atoms with van der Waals surface area (Å²) in [6.45, 7) is 0.355. The van der Waals surface area contributed by atoms with Gasteiger partial charge in [-0.1, -0.05) is 48.5 Å². The van der Waals surface area contributed by atoms with Crippen molar-refractivity contribution >= 4 is 0 Å². The molecule has 1 N–H and O–H groups in total. The van der Waals surface area contributed by atoms with E-state index in [2.05, 4.69) is 10.2 Å². The fourth-order valence-corrected chi connectivity index (χ4v) is 7.07. The molecule has 0 radical (unpaired) electrons. The first-order valence-corrected chi connectivity index (χ1v) is 13.1. The molecule has 39 heavy (non-hydrogen) atoms. The van der Waals surface area contributed by atoms with Crippen molar-refractivity contribution in [3.63, 3.8) is 0 Å². The molecule has 8 rings (SSSR count). The monoisotopic (exact) mass is 530 g/mol. The third kappa shape index (κ3) is 4.16. The van der Waals surface area contributed by atoms with Gasteiger partial charge < -0.3 is 10.1 Å². The molecule has 2 unspecified atom stereocenters. The molecule has 198 valence electrons. The summed E-state index contributed by atoms with van der Waals surface area (Å²) in [5.41, 5.74) is 3.73. The second-order valence-electron chi connectivity index (χ2n) is 10.6. The summed E-state index contributed by atoms with van der Waals surface area (Å²) in [7, 11) is 0. The topological polar surface area (TPSA) is 24.5 Å². The lowest BCUT2D eigenvalue weighted by molar-refractivity contribution is -0.264. The lowest BCUT2D eigenvalue weighted by Gasteiger charge is -2.65. The molecule has 3 nitrogen and oxygen atoms in total. The van der Waals surface area contributed by atoms with Crippen LogP contribution in [0.5, 0.6) is 0 Å². The second kappa shape index (κ2) is 9.59. The molecule has 4 saturated heterocycles. The third-order valence-corrected chi connectivity index (χ3v) is 8.63. The van der Waals surface area contributed by atoms with E-state index in [1.807, 2.05) is 24.3 Å². The van der Waals surface area contributed by atoms with E-state index in [1.165, 1.54) is 48.5 Å². The van der Waals surface area contributed by atoms with Crippen LogP contribution in [0.4, 0.5) is 17.6 Å². The molecular weight excluding hydrogens is 504 g/mol. The quantitative estimate of drug-likeness (QED) is 0.287. The highest BCUT2D eigenvalue weighted by Crippen LogP contribution is 2.61. The van der Waals surface area contributed by atoms with Crippen LogP contribution < -0.4 is 5.32 Å². The van der Waals surface area contributed by atoms with Crippen LogP contribution in [0, 0.1) is 35.1 Å². The lowest BCUT2D eigenvalue weighted by atomic mass is 9.61. The van der Waals surface area contributed by atoms with Gasteiger partial charge in [-0.25, -0.2) is 17.6 Å². The zero-order valence-electron chi connectivity index (χ0n) is 20.9. The Bertz CT molecular complexity index is 1350. The Balaban J connectivity index is 1.41. The summed E-state index contributed by atoms with van der Waals surface area (Å²) in [6, 6.07) is 25.3. The van der Waals surface area contributed by atoms with E-state index in [0.29, 0.717) is 6.73 Å². The number of benzene rings is 4. The molecule has 7 heteroatoms. The van der Waals surface area contributed by atoms with Gasteiger partial charge >= 0.3 is 0 Å². The number of fused-ring (bicyclic) bond motifs is 1. The number of ether oxygens (including phenoxy) is 1. The summed E-state index contributed by atoms with van der Waals surface area (Å²) >= 11 is 0. The van der Waals surface area contributed by atoms with Crippen LogP contribution >= 0.6 is 0 Å². The average molecular weight is 531 g/mol. The molecule has 4 bridgehead atoms. The number of nitrogens with one attached hydrogen (secondary N) is 1. The van der Waals surface area contributed by atoms with Gasteiger partial charge in [-0.05, 0) is 70.8 Å². The van der Waals surface area contributed by atoms with Gasteiger partial charge in [0.05, 0.1) is 6.10 Å². The van der Waals surface area contributed by atoms with Crippen LogP contribution in [-0.4, -0.2) is 17.7 Å². The van der Waals surface area contributed by atoms with E-state index in [4.69, 9.17) is 4.74 Å². The van der Waals surface area contributed by atoms with Gasteiger partial charge in [0, 0.05) is 36.0 Å². The highest BCUT2D eigenvalue weighted by Gasteiger charge is 2.61. The molecule has 0 spiro atoms. The SMILES string of the molecule is Fc1ccc([C@H]2N[C@@H](c3ccc(F)cc3)[C@@H]3C4OCN([C@H](c5ccc(F)cc5)[C@H]42)[C@H]3c2ccc(F)cc2)cc1. The number of hydrogen-bond donors (Lipinski definition) is 1. The molecule has 4 aromatic rings. The van der Waals surface area contributed by atoms with Gasteiger partial charge in [-0.2, -0.15) is 0 Å². The Labute approximate surface area is 224 Å². The van der Waals surface area contributed by atoms with Crippen molar-refractivity contribution < 1.29 is 22.3 Å². The number of hydrogen-bond acceptors (Lipinski definition) is 3. The molecule has 4 fully saturated rings. The fraction of sp³-hybridized carbons (Fsp3) is 0.250. The molecule has 0 aromatic heterocycles. The maximum absolute atomic E-state index is 14.0. The number of halogens is 4. The Hall–Kier alpha value is -3.52. The van der Waals surface area contributed by atoms with Crippen molar-refractivity contribution in [2.24, 2.45) is 11.8 Å². The van der Waals surface area contributed by atoms with Gasteiger partial charge in [0.1, 0.15) is 30.0 Å². The normalized spacial score (nSPS) is 31.3. The first-order chi connectivity index (χ1) is 19.0. The van der Waals surface area contributed by atoms with Crippen molar-refractivity contribution in [3.8, 4) is 0 Å². The van der Waals surface area contributed by atoms with Crippen LogP contribution in [0.25, 0.3) is 0 Å². The molecule has 4 heterocycles. The summed E-state index contributed by atoms with van der Waals surface area (Å²) in [5, 5.41) is 3.83. The van der Waals surface area contributed by atoms with E-state index >= 15 is 0 Å². The zero-order valence-corrected chi connectivity index (χ0v) is 20.9. The summed E-state index contributed by atoms with van der Waals surface area (Å²) in [6.07, 6.45) is -0.230. The standard InChI is InChI=1S/C32H26F4N2O/c33-22-9-1-18(2-10-22)28-26-30(20-5-13-24(35)14-6-20)38-17-39-32(26)27(31(38)21-7-15-25(36)16-8-21)29(37-28)19-3-11-23(34)12-4-19/h1-16,26-32,37H,17H2/t26-,27+,28-,29+,30-,31+,32?. The Morgan fingerprint density at radius 1 is 0.513 bits per heavy atom. The molecule has 0 aliphatic carbocycles. The molecule has 0 saturated carbocycles. The van der Waals surface area contributed by atoms with E-state index in [0.717, 1.165) is 22.3 Å². The van der Waals surface area contributed by atoms with Crippen molar-refractivity contribution in [2.75, 3.05) is 6.73 Å². The van der Waals surface area contributed by atoms with Gasteiger partial charge in [0.15, 0.2) is 0 Å². The summed E-state index contributed by atoms with van der Waals surface area (Å²) in [5.74, 6) is -1.45. The first-order valence-electron chi connectivity index (χ1n) is 13.1. The predicted molar refractivity (Wildman–Crippen MR) is 138 cm³/mol. The number of nitrogens with zero attached hydrogens (tertiary/aromatic N) is 1. The maximum Gasteiger partial charge on any atom is 0.123 e. The predicted octanol–water partition coefficient (Wildman–Crippen LogP) is 7.02. The average Bonchev–Trinajstić information content (AvgIpc) is 2.96. The Morgan fingerprint density at radius 2 is 0.846 bits per heavy atom. The van der Waals surface area contributed by atoms with Crippen LogP contribution in [0.3, 0.4) is 0 Å². The van der Waals surface area contributed by atoms with Gasteiger partial charge in [0.25, 0.3) is 0 Å². The molecular formula is C32H26F4N2O. The minimum Gasteiger partial charge on any atom is -0.362 e. The highest BCUT2D eigenvalue weighted by atomic mass is 19.1. The minimum atomic E-state index is -0.320. The van der Waals surface area contributed by atoms with Crippen molar-refractivity contribution in [2.45, 2.75) is 30.3 Å². The summed E-state index contributed by atoms with van der Waals surface area (Å²) < 4.78 is 62.3. The molecule has 4 aromatic carbocycles. The van der Waals surface area contributed by atoms with E-state index in [9.17, 15) is 17.6 Å². The Kier molecular flexibility index (Phi) is 6.03. The van der Waals surface area contributed by atoms with E-state index < -0.39 is 0 Å². The van der Waals surface area contributed by atoms with Crippen LogP contribution in [0.1, 0.15) is 46.4 Å². The van der Waals surface area contributed by atoms with Gasteiger partial charge in [-0.15, -0.1) is 0 Å². The van der Waals surface area contributed by atoms with Crippen LogP contribution in [0.2, 0.25) is 0 Å². The van der Waals surface area contributed by atoms with Crippen molar-refractivity contribution in [1.82, 2.24) is 10.2 Å². The molecule has 0 amide bonds. The smallest absolute Gasteiger partial charge is 0.123 e. The highest BCUT2D eigenvalue weighted by molar-refractivity contribution is 5.36. The number of rotatable bonds is 4. The minimum absolute atomic E-state index is 0.0898. The second-order valence-corrected chi connectivity index (χ2v) is 10.6. The molecule has 8 atom stereocenters. The van der Waals surface area contributed by atoms with E-state index in [-0.39, 0.29) is 65.4 Å². The van der Waals surface area contributed by atoms with Crippen molar-refractivity contribution in [3.05, 3.63) is 143 Å². The third-order valence-electron chi connectivity index (χ3n) is 8.63. The van der Waals surface area contributed by atoms with Gasteiger partial charge in [0.2, 0.25) is 0 Å². The first kappa shape index (κ1) is 24.5. The zero-order chi connectivity index (χ0) is 26.7. The molecule has 4 aliphatic rings. The van der Waals surface area contributed by atoms with Crippen molar-refractivity contribution in [1.29, 1.82) is 0 Å². The van der Waals surface area contributed by atoms with E-state index in [1.54, 1.807) is 24.3 Å².